The lowest BCUT2D eigenvalue weighted by Gasteiger charge is -2.16. The van der Waals surface area contributed by atoms with E-state index in [4.69, 9.17) is 16.5 Å². The van der Waals surface area contributed by atoms with Crippen molar-refractivity contribution < 1.29 is 0 Å². The number of nitrogen functional groups attached to an aromatic ring is 1. The standard InChI is InChI=1S/C23H29N9/c24-12-3-7-19-28-20-21(29-23(25)30-22(20)32(19)18-5-1-2-6-18)26-15-16-8-10-17(11-9-16)31-14-4-13-27-31/h4,8-11,13-14,18H,1-3,5-7,12,15,24H2,(H3,25,26,29,30). The fourth-order valence-electron chi connectivity index (χ4n) is 4.52. The first kappa shape index (κ1) is 20.4. The molecule has 166 valence electrons. The zero-order valence-corrected chi connectivity index (χ0v) is 18.1. The molecule has 0 radical (unpaired) electrons. The SMILES string of the molecule is NCCCc1nc2c(NCc3ccc(-n4cccn4)cc3)nc(N)nc2n1C1CCCC1. The van der Waals surface area contributed by atoms with Gasteiger partial charge in [0.15, 0.2) is 17.0 Å². The van der Waals surface area contributed by atoms with Gasteiger partial charge >= 0.3 is 0 Å². The molecule has 0 unspecified atom stereocenters. The molecule has 1 aliphatic rings. The van der Waals surface area contributed by atoms with Crippen molar-refractivity contribution in [2.45, 2.75) is 51.1 Å². The summed E-state index contributed by atoms with van der Waals surface area (Å²) in [6.45, 7) is 1.25. The highest BCUT2D eigenvalue weighted by Gasteiger charge is 2.25. The minimum absolute atomic E-state index is 0.263. The summed E-state index contributed by atoms with van der Waals surface area (Å²) in [7, 11) is 0. The second-order valence-corrected chi connectivity index (χ2v) is 8.30. The van der Waals surface area contributed by atoms with Crippen LogP contribution >= 0.6 is 0 Å². The van der Waals surface area contributed by atoms with Gasteiger partial charge in [-0.05, 0) is 49.6 Å². The van der Waals surface area contributed by atoms with Crippen LogP contribution in [0.1, 0.15) is 49.5 Å². The predicted octanol–water partition coefficient (Wildman–Crippen LogP) is 3.21. The van der Waals surface area contributed by atoms with Crippen molar-refractivity contribution in [3.8, 4) is 5.69 Å². The predicted molar refractivity (Wildman–Crippen MR) is 126 cm³/mol. The van der Waals surface area contributed by atoms with E-state index in [9.17, 15) is 0 Å². The van der Waals surface area contributed by atoms with Gasteiger partial charge < -0.3 is 21.4 Å². The van der Waals surface area contributed by atoms with Gasteiger partial charge in [0, 0.05) is 31.4 Å². The van der Waals surface area contributed by atoms with Crippen LogP contribution in [0.25, 0.3) is 16.9 Å². The Bertz CT molecular complexity index is 1170. The zero-order chi connectivity index (χ0) is 21.9. The molecule has 9 nitrogen and oxygen atoms in total. The van der Waals surface area contributed by atoms with Crippen molar-refractivity contribution in [1.82, 2.24) is 29.3 Å². The molecule has 0 saturated heterocycles. The minimum atomic E-state index is 0.263. The number of hydrogen-bond donors (Lipinski definition) is 3. The van der Waals surface area contributed by atoms with Crippen LogP contribution in [0.4, 0.5) is 11.8 Å². The minimum Gasteiger partial charge on any atom is -0.368 e. The second kappa shape index (κ2) is 8.96. The van der Waals surface area contributed by atoms with Crippen LogP contribution in [0.2, 0.25) is 0 Å². The van der Waals surface area contributed by atoms with Gasteiger partial charge in [0.2, 0.25) is 5.95 Å². The number of benzene rings is 1. The zero-order valence-electron chi connectivity index (χ0n) is 18.1. The molecule has 32 heavy (non-hydrogen) atoms. The highest BCUT2D eigenvalue weighted by Crippen LogP contribution is 2.35. The Kier molecular flexibility index (Phi) is 5.72. The Morgan fingerprint density at radius 3 is 2.59 bits per heavy atom. The maximum atomic E-state index is 6.11. The smallest absolute Gasteiger partial charge is 0.224 e. The first-order valence-electron chi connectivity index (χ1n) is 11.3. The van der Waals surface area contributed by atoms with E-state index in [0.717, 1.165) is 53.9 Å². The third kappa shape index (κ3) is 4.03. The molecule has 0 spiro atoms. The number of anilines is 2. The van der Waals surface area contributed by atoms with Crippen LogP contribution in [0.5, 0.6) is 0 Å². The van der Waals surface area contributed by atoms with Crippen molar-refractivity contribution in [2.75, 3.05) is 17.6 Å². The van der Waals surface area contributed by atoms with Crippen LogP contribution in [-0.4, -0.2) is 35.8 Å². The van der Waals surface area contributed by atoms with Crippen molar-refractivity contribution >= 4 is 22.9 Å². The maximum Gasteiger partial charge on any atom is 0.224 e. The lowest BCUT2D eigenvalue weighted by Crippen LogP contribution is -2.12. The molecular formula is C23H29N9. The van der Waals surface area contributed by atoms with Gasteiger partial charge in [-0.2, -0.15) is 15.1 Å². The molecule has 0 atom stereocenters. The molecule has 0 amide bonds. The normalized spacial score (nSPS) is 14.4. The fraction of sp³-hybridized carbons (Fsp3) is 0.391. The number of nitrogens with one attached hydrogen (secondary N) is 1. The van der Waals surface area contributed by atoms with Gasteiger partial charge in [-0.3, -0.25) is 0 Å². The van der Waals surface area contributed by atoms with Crippen LogP contribution in [0.15, 0.2) is 42.7 Å². The molecule has 0 aliphatic heterocycles. The molecule has 9 heteroatoms. The summed E-state index contributed by atoms with van der Waals surface area (Å²) in [6, 6.07) is 10.6. The molecule has 5 rings (SSSR count). The Morgan fingerprint density at radius 1 is 1.06 bits per heavy atom. The van der Waals surface area contributed by atoms with Crippen molar-refractivity contribution in [1.29, 1.82) is 0 Å². The topological polar surface area (TPSA) is 125 Å². The molecule has 0 bridgehead atoms. The average Bonchev–Trinajstić information content (AvgIpc) is 3.57. The first-order chi connectivity index (χ1) is 15.7. The fourth-order valence-corrected chi connectivity index (χ4v) is 4.52. The number of aryl methyl sites for hydroxylation is 1. The summed E-state index contributed by atoms with van der Waals surface area (Å²) < 4.78 is 4.13. The Hall–Kier alpha value is -3.46. The number of hydrogen-bond acceptors (Lipinski definition) is 7. The van der Waals surface area contributed by atoms with Crippen LogP contribution in [0.3, 0.4) is 0 Å². The summed E-state index contributed by atoms with van der Waals surface area (Å²) in [4.78, 5) is 14.0. The van der Waals surface area contributed by atoms with Crippen LogP contribution < -0.4 is 16.8 Å². The van der Waals surface area contributed by atoms with E-state index in [-0.39, 0.29) is 5.95 Å². The van der Waals surface area contributed by atoms with E-state index in [0.29, 0.717) is 24.9 Å². The average molecular weight is 432 g/mol. The van der Waals surface area contributed by atoms with Crippen LogP contribution in [-0.2, 0) is 13.0 Å². The largest absolute Gasteiger partial charge is 0.368 e. The third-order valence-electron chi connectivity index (χ3n) is 6.09. The number of nitrogens with zero attached hydrogens (tertiary/aromatic N) is 6. The van der Waals surface area contributed by atoms with Gasteiger partial charge in [-0.25, -0.2) is 9.67 Å². The Morgan fingerprint density at radius 2 is 1.88 bits per heavy atom. The highest BCUT2D eigenvalue weighted by molar-refractivity contribution is 5.85. The molecule has 1 saturated carbocycles. The maximum absolute atomic E-state index is 6.11. The van der Waals surface area contributed by atoms with Gasteiger partial charge in [-0.1, -0.05) is 25.0 Å². The summed E-state index contributed by atoms with van der Waals surface area (Å²) >= 11 is 0. The molecule has 5 N–H and O–H groups in total. The molecule has 3 heterocycles. The quantitative estimate of drug-likeness (QED) is 0.391. The highest BCUT2D eigenvalue weighted by atomic mass is 15.3. The molecule has 1 aromatic carbocycles. The first-order valence-corrected chi connectivity index (χ1v) is 11.3. The summed E-state index contributed by atoms with van der Waals surface area (Å²) in [5.74, 6) is 1.97. The van der Waals surface area contributed by atoms with E-state index in [1.165, 1.54) is 12.8 Å². The number of fused-ring (bicyclic) bond motifs is 1. The van der Waals surface area contributed by atoms with Gasteiger partial charge in [-0.15, -0.1) is 0 Å². The van der Waals surface area contributed by atoms with Crippen molar-refractivity contribution in [3.63, 3.8) is 0 Å². The van der Waals surface area contributed by atoms with E-state index in [1.807, 2.05) is 29.1 Å². The molecule has 1 aliphatic carbocycles. The molecule has 4 aromatic rings. The number of rotatable bonds is 8. The third-order valence-corrected chi connectivity index (χ3v) is 6.09. The van der Waals surface area contributed by atoms with Gasteiger partial charge in [0.1, 0.15) is 5.82 Å². The summed E-state index contributed by atoms with van der Waals surface area (Å²) in [6.07, 6.45) is 10.2. The Labute approximate surface area is 186 Å². The van der Waals surface area contributed by atoms with Gasteiger partial charge in [0.05, 0.1) is 5.69 Å². The van der Waals surface area contributed by atoms with Gasteiger partial charge in [0.25, 0.3) is 0 Å². The van der Waals surface area contributed by atoms with E-state index in [1.54, 1.807) is 6.20 Å². The molecule has 1 fully saturated rings. The van der Waals surface area contributed by atoms with E-state index >= 15 is 0 Å². The van der Waals surface area contributed by atoms with Crippen molar-refractivity contribution in [2.24, 2.45) is 5.73 Å². The summed E-state index contributed by atoms with van der Waals surface area (Å²) in [5, 5.41) is 7.70. The Balaban J connectivity index is 1.43. The molecular weight excluding hydrogens is 402 g/mol. The van der Waals surface area contributed by atoms with E-state index in [2.05, 4.69) is 37.1 Å². The monoisotopic (exact) mass is 431 g/mol. The number of aromatic nitrogens is 6. The number of nitrogens with two attached hydrogens (primary N) is 2. The lowest BCUT2D eigenvalue weighted by atomic mass is 10.2. The van der Waals surface area contributed by atoms with Crippen LogP contribution in [0, 0.1) is 0 Å². The lowest BCUT2D eigenvalue weighted by molar-refractivity contribution is 0.504. The van der Waals surface area contributed by atoms with E-state index < -0.39 is 0 Å². The molecule has 3 aromatic heterocycles. The second-order valence-electron chi connectivity index (χ2n) is 8.30. The van der Waals surface area contributed by atoms with Crippen molar-refractivity contribution in [3.05, 3.63) is 54.1 Å². The summed E-state index contributed by atoms with van der Waals surface area (Å²) in [5.41, 5.74) is 15.7. The number of imidazole rings is 1.